The summed E-state index contributed by atoms with van der Waals surface area (Å²) in [6, 6.07) is 1.41. The van der Waals surface area contributed by atoms with Gasteiger partial charge >= 0.3 is 0 Å². The Morgan fingerprint density at radius 3 is 2.13 bits per heavy atom. The van der Waals surface area contributed by atoms with Gasteiger partial charge in [-0.3, -0.25) is 4.72 Å². The number of hydrogen-bond donors (Lipinski definition) is 3. The van der Waals surface area contributed by atoms with Gasteiger partial charge in [0.1, 0.15) is 5.82 Å². The van der Waals surface area contributed by atoms with Crippen molar-refractivity contribution >= 4 is 21.9 Å². The Kier molecular flexibility index (Phi) is 8.18. The van der Waals surface area contributed by atoms with E-state index in [0.717, 1.165) is 18.4 Å². The SMILES string of the molecule is CC(C)C[C@H](CO)Nc1nc(C[C@H](C)c2cc(F)c(F)c(F)c2)nc(NS(C)(=O)=O)n1. The number of aliphatic hydroxyl groups excluding tert-OH is 1. The van der Waals surface area contributed by atoms with Gasteiger partial charge in [-0.15, -0.1) is 0 Å². The van der Waals surface area contributed by atoms with Gasteiger partial charge in [0.15, 0.2) is 17.5 Å². The van der Waals surface area contributed by atoms with Crippen molar-refractivity contribution in [1.82, 2.24) is 15.0 Å². The molecule has 2 atom stereocenters. The zero-order chi connectivity index (χ0) is 23.3. The van der Waals surface area contributed by atoms with Crippen molar-refractivity contribution in [2.24, 2.45) is 5.92 Å². The molecule has 31 heavy (non-hydrogen) atoms. The van der Waals surface area contributed by atoms with Gasteiger partial charge in [-0.05, 0) is 36.0 Å². The molecule has 1 heterocycles. The maximum Gasteiger partial charge on any atom is 0.241 e. The van der Waals surface area contributed by atoms with Crippen molar-refractivity contribution in [3.05, 3.63) is 41.0 Å². The fraction of sp³-hybridized carbons (Fsp3) is 0.526. The molecule has 2 aromatic rings. The van der Waals surface area contributed by atoms with E-state index in [4.69, 9.17) is 0 Å². The van der Waals surface area contributed by atoms with Crippen molar-refractivity contribution in [2.75, 3.05) is 22.9 Å². The molecule has 0 fully saturated rings. The van der Waals surface area contributed by atoms with Crippen LogP contribution in [0.2, 0.25) is 0 Å². The van der Waals surface area contributed by atoms with Crippen LogP contribution in [0.15, 0.2) is 12.1 Å². The molecule has 8 nitrogen and oxygen atoms in total. The number of aromatic nitrogens is 3. The first-order valence-corrected chi connectivity index (χ1v) is 11.5. The van der Waals surface area contributed by atoms with E-state index >= 15 is 0 Å². The van der Waals surface area contributed by atoms with Gasteiger partial charge in [0.25, 0.3) is 0 Å². The second kappa shape index (κ2) is 10.2. The topological polar surface area (TPSA) is 117 Å². The van der Waals surface area contributed by atoms with Crippen LogP contribution in [0.25, 0.3) is 0 Å². The van der Waals surface area contributed by atoms with E-state index in [0.29, 0.717) is 6.42 Å². The highest BCUT2D eigenvalue weighted by molar-refractivity contribution is 7.91. The van der Waals surface area contributed by atoms with Crippen LogP contribution in [-0.2, 0) is 16.4 Å². The molecule has 0 amide bonds. The highest BCUT2D eigenvalue weighted by Gasteiger charge is 2.19. The third-order valence-electron chi connectivity index (χ3n) is 4.33. The maximum absolute atomic E-state index is 13.6. The Bertz CT molecular complexity index is 998. The average Bonchev–Trinajstić information content (AvgIpc) is 2.63. The van der Waals surface area contributed by atoms with E-state index in [9.17, 15) is 26.7 Å². The Morgan fingerprint density at radius 2 is 1.61 bits per heavy atom. The number of sulfonamides is 1. The molecule has 1 aromatic heterocycles. The van der Waals surface area contributed by atoms with Crippen molar-refractivity contribution in [2.45, 2.75) is 45.6 Å². The monoisotopic (exact) mass is 461 g/mol. The van der Waals surface area contributed by atoms with Crippen molar-refractivity contribution in [1.29, 1.82) is 0 Å². The van der Waals surface area contributed by atoms with E-state index in [1.54, 1.807) is 6.92 Å². The number of rotatable bonds is 10. The Morgan fingerprint density at radius 1 is 1.03 bits per heavy atom. The number of hydrogen-bond acceptors (Lipinski definition) is 7. The van der Waals surface area contributed by atoms with Gasteiger partial charge in [0, 0.05) is 6.42 Å². The molecule has 0 saturated carbocycles. The van der Waals surface area contributed by atoms with E-state index in [-0.39, 0.29) is 48.3 Å². The molecule has 1 aromatic carbocycles. The van der Waals surface area contributed by atoms with Gasteiger partial charge in [-0.25, -0.2) is 21.6 Å². The average molecular weight is 462 g/mol. The van der Waals surface area contributed by atoms with E-state index in [1.807, 2.05) is 13.8 Å². The maximum atomic E-state index is 13.6. The zero-order valence-electron chi connectivity index (χ0n) is 17.7. The lowest BCUT2D eigenvalue weighted by Gasteiger charge is -2.19. The van der Waals surface area contributed by atoms with Crippen molar-refractivity contribution in [3.8, 4) is 0 Å². The van der Waals surface area contributed by atoms with Crippen LogP contribution in [0.5, 0.6) is 0 Å². The van der Waals surface area contributed by atoms with Crippen molar-refractivity contribution < 1.29 is 26.7 Å². The minimum absolute atomic E-state index is 0.0412. The molecule has 0 aliphatic rings. The molecule has 0 aliphatic heterocycles. The van der Waals surface area contributed by atoms with Gasteiger partial charge in [-0.1, -0.05) is 20.8 Å². The summed E-state index contributed by atoms with van der Waals surface area (Å²) < 4.78 is 65.8. The lowest BCUT2D eigenvalue weighted by atomic mass is 9.97. The number of halogens is 3. The van der Waals surface area contributed by atoms with Crippen LogP contribution in [0.4, 0.5) is 25.1 Å². The van der Waals surface area contributed by atoms with Gasteiger partial charge in [-0.2, -0.15) is 15.0 Å². The molecule has 3 N–H and O–H groups in total. The van der Waals surface area contributed by atoms with Gasteiger partial charge in [0.2, 0.25) is 21.9 Å². The van der Waals surface area contributed by atoms with Crippen LogP contribution in [0, 0.1) is 23.4 Å². The number of anilines is 2. The van der Waals surface area contributed by atoms with E-state index in [2.05, 4.69) is 25.0 Å². The standard InChI is InChI=1S/C19H26F3N5O3S/c1-10(2)5-13(9-28)23-18-24-16(25-19(26-18)27-31(4,29)30)6-11(3)12-7-14(20)17(22)15(21)8-12/h7-8,10-11,13,28H,5-6,9H2,1-4H3,(H2,23,24,25,26,27)/t11-,13+/m0/s1. The molecule has 0 unspecified atom stereocenters. The molecule has 0 spiro atoms. The first-order valence-electron chi connectivity index (χ1n) is 9.62. The Hall–Kier alpha value is -2.47. The first kappa shape index (κ1) is 24.8. The van der Waals surface area contributed by atoms with Crippen LogP contribution >= 0.6 is 0 Å². The Labute approximate surface area is 179 Å². The van der Waals surface area contributed by atoms with E-state index < -0.39 is 33.4 Å². The molecule has 0 saturated heterocycles. The summed E-state index contributed by atoms with van der Waals surface area (Å²) in [7, 11) is -3.68. The normalized spacial score (nSPS) is 13.8. The number of benzene rings is 1. The lowest BCUT2D eigenvalue weighted by molar-refractivity contribution is 0.259. The van der Waals surface area contributed by atoms with Gasteiger partial charge < -0.3 is 10.4 Å². The first-order chi connectivity index (χ1) is 14.4. The highest BCUT2D eigenvalue weighted by atomic mass is 32.2. The third-order valence-corrected chi connectivity index (χ3v) is 4.89. The molecule has 12 heteroatoms. The fourth-order valence-corrected chi connectivity index (χ4v) is 3.39. The summed E-state index contributed by atoms with van der Waals surface area (Å²) in [6.45, 7) is 5.39. The Balaban J connectivity index is 2.35. The lowest BCUT2D eigenvalue weighted by Crippen LogP contribution is -2.27. The molecule has 0 radical (unpaired) electrons. The molecule has 172 valence electrons. The van der Waals surface area contributed by atoms with Crippen molar-refractivity contribution in [3.63, 3.8) is 0 Å². The predicted octanol–water partition coefficient (Wildman–Crippen LogP) is 2.83. The number of nitrogens with zero attached hydrogens (tertiary/aromatic N) is 3. The minimum Gasteiger partial charge on any atom is -0.394 e. The highest BCUT2D eigenvalue weighted by Crippen LogP contribution is 2.24. The summed E-state index contributed by atoms with van der Waals surface area (Å²) in [4.78, 5) is 12.3. The molecular weight excluding hydrogens is 435 g/mol. The quantitative estimate of drug-likeness (QED) is 0.466. The second-order valence-electron chi connectivity index (χ2n) is 7.83. The molecule has 0 bridgehead atoms. The second-order valence-corrected chi connectivity index (χ2v) is 9.58. The predicted molar refractivity (Wildman–Crippen MR) is 111 cm³/mol. The largest absolute Gasteiger partial charge is 0.394 e. The summed E-state index contributed by atoms with van der Waals surface area (Å²) in [6.07, 6.45) is 1.61. The van der Waals surface area contributed by atoms with Crippen LogP contribution in [0.3, 0.4) is 0 Å². The van der Waals surface area contributed by atoms with Crippen LogP contribution in [-0.4, -0.2) is 47.4 Å². The summed E-state index contributed by atoms with van der Waals surface area (Å²) in [5.41, 5.74) is 0.192. The zero-order valence-corrected chi connectivity index (χ0v) is 18.5. The fourth-order valence-electron chi connectivity index (χ4n) is 2.97. The summed E-state index contributed by atoms with van der Waals surface area (Å²) in [5, 5.41) is 12.5. The van der Waals surface area contributed by atoms with Crippen LogP contribution in [0.1, 0.15) is 44.5 Å². The number of nitrogens with one attached hydrogen (secondary N) is 2. The minimum atomic E-state index is -3.68. The molecule has 0 aliphatic carbocycles. The molecular formula is C19H26F3N5O3S. The smallest absolute Gasteiger partial charge is 0.241 e. The number of aliphatic hydroxyl groups is 1. The van der Waals surface area contributed by atoms with Crippen LogP contribution < -0.4 is 10.0 Å². The third kappa shape index (κ3) is 7.62. The summed E-state index contributed by atoms with van der Waals surface area (Å²) in [5.74, 6) is -4.47. The molecule has 2 rings (SSSR count). The van der Waals surface area contributed by atoms with E-state index in [1.165, 1.54) is 0 Å². The van der Waals surface area contributed by atoms with Gasteiger partial charge in [0.05, 0.1) is 18.9 Å². The summed E-state index contributed by atoms with van der Waals surface area (Å²) >= 11 is 0.